The summed E-state index contributed by atoms with van der Waals surface area (Å²) < 4.78 is 38.1. The van der Waals surface area contributed by atoms with Gasteiger partial charge in [0.1, 0.15) is 18.2 Å². The Hall–Kier alpha value is -3.41. The summed E-state index contributed by atoms with van der Waals surface area (Å²) in [5.74, 6) is -1.03. The molecule has 4 aromatic rings. The van der Waals surface area contributed by atoms with E-state index in [1.165, 1.54) is 36.4 Å². The molecule has 37 heavy (non-hydrogen) atoms. The number of ether oxygens (including phenoxy) is 2. The van der Waals surface area contributed by atoms with E-state index in [2.05, 4.69) is 0 Å². The van der Waals surface area contributed by atoms with Gasteiger partial charge in [-0.15, -0.1) is 0 Å². The van der Waals surface area contributed by atoms with Gasteiger partial charge in [-0.1, -0.05) is 77.8 Å². The van der Waals surface area contributed by atoms with Gasteiger partial charge in [0.25, 0.3) is 0 Å². The Morgan fingerprint density at radius 2 is 1.32 bits per heavy atom. The van der Waals surface area contributed by atoms with Crippen LogP contribution in [0.5, 0.6) is 5.75 Å². The lowest BCUT2D eigenvalue weighted by Crippen LogP contribution is -2.09. The van der Waals surface area contributed by atoms with Gasteiger partial charge in [0.2, 0.25) is 0 Å². The molecule has 0 amide bonds. The van der Waals surface area contributed by atoms with Gasteiger partial charge in [-0.05, 0) is 65.9 Å². The minimum atomic E-state index is -0.557. The third kappa shape index (κ3) is 7.31. The zero-order valence-electron chi connectivity index (χ0n) is 19.8. The predicted molar refractivity (Wildman–Crippen MR) is 141 cm³/mol. The van der Waals surface area contributed by atoms with E-state index in [0.717, 1.165) is 16.7 Å². The van der Waals surface area contributed by atoms with Crippen LogP contribution in [-0.4, -0.2) is 12.6 Å². The first-order valence-corrected chi connectivity index (χ1v) is 12.5. The summed E-state index contributed by atoms with van der Waals surface area (Å²) in [7, 11) is 0. The largest absolute Gasteiger partial charge is 0.486 e. The van der Waals surface area contributed by atoms with E-state index in [1.54, 1.807) is 24.3 Å². The lowest BCUT2D eigenvalue weighted by molar-refractivity contribution is 0.0497. The second-order valence-corrected chi connectivity index (χ2v) is 9.29. The van der Waals surface area contributed by atoms with Crippen molar-refractivity contribution in [3.8, 4) is 5.75 Å². The summed E-state index contributed by atoms with van der Waals surface area (Å²) >= 11 is 12.7. The summed E-state index contributed by atoms with van der Waals surface area (Å²) in [4.78, 5) is 12.6. The van der Waals surface area contributed by atoms with Gasteiger partial charge in [-0.25, -0.2) is 13.6 Å². The standard InChI is InChI=1S/C30H24Cl2F2O3/c31-27-17-23(18-28(32)29(27)37-19-20-5-2-1-3-6-20)30(35)36-16-4-7-26(21-8-12-24(33)13-9-21)22-10-14-25(34)15-11-22/h1-3,5-6,8-15,17-18,26H,4,7,16,19H2. The highest BCUT2D eigenvalue weighted by Crippen LogP contribution is 2.35. The molecule has 3 nitrogen and oxygen atoms in total. The lowest BCUT2D eigenvalue weighted by atomic mass is 9.87. The van der Waals surface area contributed by atoms with Crippen LogP contribution >= 0.6 is 23.2 Å². The molecule has 7 heteroatoms. The molecule has 0 bridgehead atoms. The average Bonchev–Trinajstić information content (AvgIpc) is 2.90. The quantitative estimate of drug-likeness (QED) is 0.149. The van der Waals surface area contributed by atoms with Crippen molar-refractivity contribution in [3.05, 3.63) is 135 Å². The molecule has 0 unspecified atom stereocenters. The molecule has 0 aliphatic rings. The van der Waals surface area contributed by atoms with E-state index in [9.17, 15) is 13.6 Å². The Labute approximate surface area is 224 Å². The van der Waals surface area contributed by atoms with Crippen LogP contribution in [0.15, 0.2) is 91.0 Å². The summed E-state index contributed by atoms with van der Waals surface area (Å²) in [6.45, 7) is 0.437. The first-order chi connectivity index (χ1) is 17.9. The molecule has 4 rings (SSSR count). The molecule has 0 heterocycles. The fourth-order valence-electron chi connectivity index (χ4n) is 4.00. The van der Waals surface area contributed by atoms with Crippen LogP contribution < -0.4 is 4.74 Å². The van der Waals surface area contributed by atoms with Gasteiger partial charge in [-0.2, -0.15) is 0 Å². The van der Waals surface area contributed by atoms with Crippen molar-refractivity contribution in [2.45, 2.75) is 25.4 Å². The number of rotatable bonds is 10. The molecule has 4 aromatic carbocycles. The molecule has 0 radical (unpaired) electrons. The van der Waals surface area contributed by atoms with Gasteiger partial charge in [0.15, 0.2) is 5.75 Å². The fraction of sp³-hybridized carbons (Fsp3) is 0.167. The minimum Gasteiger partial charge on any atom is -0.486 e. The number of halogens is 4. The molecule has 0 saturated heterocycles. The van der Waals surface area contributed by atoms with Crippen LogP contribution in [0.1, 0.15) is 45.8 Å². The third-order valence-corrected chi connectivity index (χ3v) is 6.44. The Kier molecular flexibility index (Phi) is 9.15. The number of esters is 1. The van der Waals surface area contributed by atoms with Crippen molar-refractivity contribution in [3.63, 3.8) is 0 Å². The monoisotopic (exact) mass is 540 g/mol. The van der Waals surface area contributed by atoms with E-state index in [4.69, 9.17) is 32.7 Å². The zero-order valence-corrected chi connectivity index (χ0v) is 21.3. The smallest absolute Gasteiger partial charge is 0.338 e. The molecule has 0 spiro atoms. The molecule has 0 aliphatic heterocycles. The summed E-state index contributed by atoms with van der Waals surface area (Å²) in [5, 5.41) is 0.422. The number of benzene rings is 4. The van der Waals surface area contributed by atoms with Crippen LogP contribution in [0.25, 0.3) is 0 Å². The third-order valence-electron chi connectivity index (χ3n) is 5.88. The molecule has 0 saturated carbocycles. The molecular weight excluding hydrogens is 517 g/mol. The second kappa shape index (κ2) is 12.7. The van der Waals surface area contributed by atoms with E-state index < -0.39 is 5.97 Å². The van der Waals surface area contributed by atoms with E-state index in [0.29, 0.717) is 18.6 Å². The van der Waals surface area contributed by atoms with E-state index in [1.807, 2.05) is 30.3 Å². The summed E-state index contributed by atoms with van der Waals surface area (Å²) in [6.07, 6.45) is 1.14. The number of carbonyl (C=O) groups is 1. The van der Waals surface area contributed by atoms with Crippen molar-refractivity contribution >= 4 is 29.2 Å². The Balaban J connectivity index is 1.36. The van der Waals surface area contributed by atoms with Gasteiger partial charge < -0.3 is 9.47 Å². The van der Waals surface area contributed by atoms with Gasteiger partial charge in [0.05, 0.1) is 22.2 Å². The average molecular weight is 541 g/mol. The Bertz CT molecular complexity index is 1260. The van der Waals surface area contributed by atoms with Gasteiger partial charge >= 0.3 is 5.97 Å². The van der Waals surface area contributed by atoms with Crippen molar-refractivity contribution < 1.29 is 23.0 Å². The van der Waals surface area contributed by atoms with Crippen LogP contribution in [-0.2, 0) is 11.3 Å². The van der Waals surface area contributed by atoms with Crippen molar-refractivity contribution in [2.24, 2.45) is 0 Å². The highest BCUT2D eigenvalue weighted by molar-refractivity contribution is 6.37. The van der Waals surface area contributed by atoms with Crippen LogP contribution in [0.2, 0.25) is 10.0 Å². The zero-order chi connectivity index (χ0) is 26.2. The first-order valence-electron chi connectivity index (χ1n) is 11.7. The van der Waals surface area contributed by atoms with Gasteiger partial charge in [-0.3, -0.25) is 0 Å². The van der Waals surface area contributed by atoms with Crippen molar-refractivity contribution in [1.29, 1.82) is 0 Å². The number of carbonyl (C=O) groups excluding carboxylic acids is 1. The normalized spacial score (nSPS) is 10.9. The SMILES string of the molecule is O=C(OCCCC(c1ccc(F)cc1)c1ccc(F)cc1)c1cc(Cl)c(OCc2ccccc2)c(Cl)c1. The van der Waals surface area contributed by atoms with Crippen molar-refractivity contribution in [2.75, 3.05) is 6.61 Å². The van der Waals surface area contributed by atoms with Gasteiger partial charge in [0, 0.05) is 5.92 Å². The molecule has 0 atom stereocenters. The molecule has 0 N–H and O–H groups in total. The Morgan fingerprint density at radius 1 is 0.784 bits per heavy atom. The maximum atomic E-state index is 13.4. The topological polar surface area (TPSA) is 35.5 Å². The molecule has 0 fully saturated rings. The first kappa shape index (κ1) is 26.6. The number of hydrogen-bond acceptors (Lipinski definition) is 3. The maximum Gasteiger partial charge on any atom is 0.338 e. The van der Waals surface area contributed by atoms with Crippen molar-refractivity contribution in [1.82, 2.24) is 0 Å². The highest BCUT2D eigenvalue weighted by Gasteiger charge is 2.17. The highest BCUT2D eigenvalue weighted by atomic mass is 35.5. The predicted octanol–water partition coefficient (Wildman–Crippen LogP) is 8.62. The molecule has 0 aliphatic carbocycles. The number of hydrogen-bond donors (Lipinski definition) is 0. The molecule has 190 valence electrons. The maximum absolute atomic E-state index is 13.4. The van der Waals surface area contributed by atoms with E-state index in [-0.39, 0.29) is 46.4 Å². The van der Waals surface area contributed by atoms with Crippen LogP contribution in [0.3, 0.4) is 0 Å². The van der Waals surface area contributed by atoms with Crippen LogP contribution in [0.4, 0.5) is 8.78 Å². The minimum absolute atomic E-state index is 0.107. The molecular formula is C30H24Cl2F2O3. The molecule has 0 aromatic heterocycles. The summed E-state index contributed by atoms with van der Waals surface area (Å²) in [6, 6.07) is 24.9. The Morgan fingerprint density at radius 3 is 1.86 bits per heavy atom. The van der Waals surface area contributed by atoms with E-state index >= 15 is 0 Å². The lowest BCUT2D eigenvalue weighted by Gasteiger charge is -2.18. The summed E-state index contributed by atoms with van der Waals surface area (Å²) in [5.41, 5.74) is 2.96. The second-order valence-electron chi connectivity index (χ2n) is 8.48. The van der Waals surface area contributed by atoms with Crippen LogP contribution in [0, 0.1) is 11.6 Å². The fourth-order valence-corrected chi connectivity index (χ4v) is 4.59.